The molecule has 4 heterocycles. The minimum atomic E-state index is -0.510. The number of fused-ring (bicyclic) bond motifs is 1. The Labute approximate surface area is 198 Å². The first kappa shape index (κ1) is 21.9. The molecule has 0 bridgehead atoms. The Morgan fingerprint density at radius 2 is 1.88 bits per heavy atom. The largest absolute Gasteiger partial charge is 0.379 e. The van der Waals surface area contributed by atoms with Gasteiger partial charge in [-0.25, -0.2) is 9.97 Å². The molecular weight excluding hydrogens is 461 g/mol. The lowest BCUT2D eigenvalue weighted by molar-refractivity contribution is 0.0398. The van der Waals surface area contributed by atoms with E-state index in [0.717, 1.165) is 65.2 Å². The third-order valence-corrected chi connectivity index (χ3v) is 7.44. The number of thiazole rings is 1. The number of hydrogen-bond acceptors (Lipinski definition) is 8. The maximum atomic E-state index is 13.0. The Kier molecular flexibility index (Phi) is 6.58. The van der Waals surface area contributed by atoms with Gasteiger partial charge in [-0.05, 0) is 35.9 Å². The van der Waals surface area contributed by atoms with Crippen molar-refractivity contribution in [2.45, 2.75) is 0 Å². The highest BCUT2D eigenvalue weighted by Crippen LogP contribution is 2.33. The highest BCUT2D eigenvalue weighted by Gasteiger charge is 2.15. The van der Waals surface area contributed by atoms with Crippen molar-refractivity contribution >= 4 is 48.9 Å². The fraction of sp³-hybridized carbons (Fsp3) is 0.261. The molecule has 0 saturated carbocycles. The van der Waals surface area contributed by atoms with Gasteiger partial charge < -0.3 is 15.4 Å². The predicted molar refractivity (Wildman–Crippen MR) is 131 cm³/mol. The van der Waals surface area contributed by atoms with E-state index in [0.29, 0.717) is 10.6 Å². The highest BCUT2D eigenvalue weighted by atomic mass is 32.1. The molecule has 0 unspecified atom stereocenters. The van der Waals surface area contributed by atoms with E-state index in [2.05, 4.69) is 25.5 Å². The number of carbonyl (C=O) groups excluding carboxylic acids is 1. The van der Waals surface area contributed by atoms with Crippen molar-refractivity contribution in [2.24, 2.45) is 0 Å². The van der Waals surface area contributed by atoms with Crippen molar-refractivity contribution < 1.29 is 13.9 Å². The maximum absolute atomic E-state index is 13.0. The van der Waals surface area contributed by atoms with Crippen molar-refractivity contribution in [3.05, 3.63) is 59.5 Å². The summed E-state index contributed by atoms with van der Waals surface area (Å²) in [5, 5.41) is 7.18. The summed E-state index contributed by atoms with van der Waals surface area (Å²) in [6, 6.07) is 12.3. The van der Waals surface area contributed by atoms with Gasteiger partial charge in [0.1, 0.15) is 4.83 Å². The topological polar surface area (TPSA) is 79.4 Å². The van der Waals surface area contributed by atoms with E-state index in [1.807, 2.05) is 30.3 Å². The van der Waals surface area contributed by atoms with Crippen LogP contribution in [0.4, 0.5) is 15.2 Å². The molecule has 170 valence electrons. The number of amides is 1. The summed E-state index contributed by atoms with van der Waals surface area (Å²) in [6.45, 7) is 5.33. The van der Waals surface area contributed by atoms with Crippen LogP contribution in [0.15, 0.2) is 48.7 Å². The van der Waals surface area contributed by atoms with Gasteiger partial charge in [0.2, 0.25) is 5.95 Å². The van der Waals surface area contributed by atoms with Crippen molar-refractivity contribution in [1.29, 1.82) is 0 Å². The van der Waals surface area contributed by atoms with E-state index in [1.54, 1.807) is 17.4 Å². The van der Waals surface area contributed by atoms with E-state index in [-0.39, 0.29) is 5.91 Å². The molecule has 1 saturated heterocycles. The number of ether oxygens (including phenoxy) is 1. The van der Waals surface area contributed by atoms with Crippen LogP contribution in [0.5, 0.6) is 0 Å². The molecule has 0 aliphatic carbocycles. The van der Waals surface area contributed by atoms with E-state index in [1.165, 1.54) is 23.6 Å². The highest BCUT2D eigenvalue weighted by molar-refractivity contribution is 7.29. The number of rotatable bonds is 7. The van der Waals surface area contributed by atoms with Crippen molar-refractivity contribution in [1.82, 2.24) is 14.9 Å². The zero-order valence-electron chi connectivity index (χ0n) is 17.7. The summed E-state index contributed by atoms with van der Waals surface area (Å²) in [5.74, 6) is -0.674. The molecule has 0 atom stereocenters. The Morgan fingerprint density at radius 3 is 2.61 bits per heavy atom. The molecule has 1 aromatic carbocycles. The minimum absolute atomic E-state index is 0.164. The monoisotopic (exact) mass is 483 g/mol. The second kappa shape index (κ2) is 9.92. The second-order valence-corrected chi connectivity index (χ2v) is 9.64. The number of hydrogen-bond donors (Lipinski definition) is 2. The van der Waals surface area contributed by atoms with Gasteiger partial charge in [-0.1, -0.05) is 23.5 Å². The van der Waals surface area contributed by atoms with Gasteiger partial charge in [0.25, 0.3) is 5.91 Å². The normalized spacial score (nSPS) is 14.5. The molecule has 4 aromatic rings. The zero-order chi connectivity index (χ0) is 22.6. The minimum Gasteiger partial charge on any atom is -0.379 e. The molecule has 1 amide bonds. The third-order valence-electron chi connectivity index (χ3n) is 5.32. The Bertz CT molecular complexity index is 1200. The number of morpholine rings is 1. The summed E-state index contributed by atoms with van der Waals surface area (Å²) in [6.07, 6.45) is 1.49. The Hall–Kier alpha value is -2.92. The summed E-state index contributed by atoms with van der Waals surface area (Å²) in [7, 11) is 0. The number of aromatic nitrogens is 2. The van der Waals surface area contributed by atoms with Crippen LogP contribution in [0.2, 0.25) is 0 Å². The van der Waals surface area contributed by atoms with Gasteiger partial charge in [0, 0.05) is 43.6 Å². The van der Waals surface area contributed by atoms with E-state index in [4.69, 9.17) is 4.74 Å². The van der Waals surface area contributed by atoms with E-state index < -0.39 is 5.95 Å². The molecular formula is C23H22FN5O2S2. The number of halogens is 1. The second-order valence-electron chi connectivity index (χ2n) is 7.58. The van der Waals surface area contributed by atoms with Gasteiger partial charge in [-0.15, -0.1) is 11.3 Å². The number of thiophene rings is 1. The van der Waals surface area contributed by atoms with Gasteiger partial charge in [-0.2, -0.15) is 4.39 Å². The first-order valence-electron chi connectivity index (χ1n) is 10.6. The Morgan fingerprint density at radius 1 is 1.09 bits per heavy atom. The summed E-state index contributed by atoms with van der Waals surface area (Å²) in [4.78, 5) is 24.9. The van der Waals surface area contributed by atoms with Crippen LogP contribution in [-0.2, 0) is 4.74 Å². The van der Waals surface area contributed by atoms with Gasteiger partial charge >= 0.3 is 0 Å². The lowest BCUT2D eigenvalue weighted by Crippen LogP contribution is -2.38. The van der Waals surface area contributed by atoms with E-state index in [9.17, 15) is 9.18 Å². The fourth-order valence-electron chi connectivity index (χ4n) is 3.55. The van der Waals surface area contributed by atoms with Crippen LogP contribution < -0.4 is 10.6 Å². The van der Waals surface area contributed by atoms with Gasteiger partial charge in [0.15, 0.2) is 5.13 Å². The molecule has 10 heteroatoms. The summed E-state index contributed by atoms with van der Waals surface area (Å²) < 4.78 is 19.4. The third kappa shape index (κ3) is 5.36. The molecule has 1 fully saturated rings. The fourth-order valence-corrected chi connectivity index (χ4v) is 5.59. The van der Waals surface area contributed by atoms with Crippen LogP contribution in [0.3, 0.4) is 0 Å². The lowest BCUT2D eigenvalue weighted by atomic mass is 10.1. The van der Waals surface area contributed by atoms with Crippen molar-refractivity contribution in [3.63, 3.8) is 0 Å². The number of anilines is 2. The average Bonchev–Trinajstić information content (AvgIpc) is 3.40. The number of pyridine rings is 1. The first-order valence-corrected chi connectivity index (χ1v) is 12.2. The zero-order valence-corrected chi connectivity index (χ0v) is 19.3. The first-order chi connectivity index (χ1) is 16.1. The van der Waals surface area contributed by atoms with Crippen LogP contribution >= 0.6 is 22.7 Å². The van der Waals surface area contributed by atoms with Gasteiger partial charge in [-0.3, -0.25) is 9.69 Å². The van der Waals surface area contributed by atoms with E-state index >= 15 is 0 Å². The molecule has 3 aromatic heterocycles. The smallest absolute Gasteiger partial charge is 0.265 e. The van der Waals surface area contributed by atoms with Crippen LogP contribution in [-0.4, -0.2) is 60.2 Å². The number of nitrogens with zero attached hydrogens (tertiary/aromatic N) is 3. The molecule has 5 rings (SSSR count). The molecule has 0 radical (unpaired) electrons. The predicted octanol–water partition coefficient (Wildman–Crippen LogP) is 4.56. The molecule has 33 heavy (non-hydrogen) atoms. The average molecular weight is 484 g/mol. The number of nitrogens with one attached hydrogen (secondary N) is 2. The molecule has 7 nitrogen and oxygen atoms in total. The lowest BCUT2D eigenvalue weighted by Gasteiger charge is -2.26. The SMILES string of the molecule is O=C(Nc1ccc(-c2ccc(F)nc2)cc1)c1cc2sc(NCCN3CCOCC3)nc2s1. The maximum Gasteiger partial charge on any atom is 0.265 e. The standard InChI is InChI=1S/C23H22FN5O2S2/c24-20-6-3-16(14-26-20)15-1-4-17(5-2-15)27-21(30)18-13-19-22(32-18)28-23(33-19)25-7-8-29-9-11-31-12-10-29/h1-6,13-14H,7-12H2,(H,25,28)(H,27,30). The van der Waals surface area contributed by atoms with Crippen molar-refractivity contribution in [2.75, 3.05) is 50.0 Å². The van der Waals surface area contributed by atoms with Crippen LogP contribution in [0.1, 0.15) is 9.67 Å². The van der Waals surface area contributed by atoms with Crippen molar-refractivity contribution in [3.8, 4) is 11.1 Å². The summed E-state index contributed by atoms with van der Waals surface area (Å²) >= 11 is 2.95. The molecule has 1 aliphatic heterocycles. The molecule has 1 aliphatic rings. The number of carbonyl (C=O) groups is 1. The molecule has 2 N–H and O–H groups in total. The van der Waals surface area contributed by atoms with Crippen LogP contribution in [0, 0.1) is 5.95 Å². The van der Waals surface area contributed by atoms with Crippen LogP contribution in [0.25, 0.3) is 20.7 Å². The van der Waals surface area contributed by atoms with Gasteiger partial charge in [0.05, 0.1) is 22.8 Å². The number of benzene rings is 1. The Balaban J connectivity index is 1.17. The summed E-state index contributed by atoms with van der Waals surface area (Å²) in [5.41, 5.74) is 2.40. The quantitative estimate of drug-likeness (QED) is 0.375. The molecule has 0 spiro atoms.